The Morgan fingerprint density at radius 1 is 0.680 bits per heavy atom. The molecule has 4 nitrogen and oxygen atoms in total. The Labute approximate surface area is 149 Å². The molecule has 0 atom stereocenters. The summed E-state index contributed by atoms with van der Waals surface area (Å²) in [6, 6.07) is 15.7. The number of hydrogen-bond donors (Lipinski definition) is 2. The predicted molar refractivity (Wildman–Crippen MR) is 103 cm³/mol. The maximum absolute atomic E-state index is 11.9. The first-order valence-electron chi connectivity index (χ1n) is 8.88. The molecule has 2 aromatic carbocycles. The molecule has 2 N–H and O–H groups in total. The molecule has 0 aliphatic heterocycles. The third kappa shape index (κ3) is 6.42. The van der Waals surface area contributed by atoms with E-state index >= 15 is 0 Å². The molecule has 25 heavy (non-hydrogen) atoms. The van der Waals surface area contributed by atoms with E-state index < -0.39 is 0 Å². The maximum Gasteiger partial charge on any atom is 0.224 e. The molecule has 2 rings (SSSR count). The van der Waals surface area contributed by atoms with Gasteiger partial charge in [-0.05, 0) is 54.7 Å². The molecule has 0 aliphatic carbocycles. The zero-order chi connectivity index (χ0) is 18.1. The molecule has 2 aromatic rings. The Balaban J connectivity index is 1.69. The fourth-order valence-corrected chi connectivity index (χ4v) is 2.50. The van der Waals surface area contributed by atoms with Crippen molar-refractivity contribution in [1.29, 1.82) is 0 Å². The molecule has 0 spiro atoms. The van der Waals surface area contributed by atoms with Crippen LogP contribution in [0.5, 0.6) is 0 Å². The standard InChI is InChI=1S/C21H26N2O2/c1-3-16-8-12-18(13-9-16)22-20(24)6-5-7-21(25)23-19-14-10-17(4-2)11-15-19/h8-15H,3-7H2,1-2H3,(H,22,24)(H,23,25). The minimum Gasteiger partial charge on any atom is -0.326 e. The van der Waals surface area contributed by atoms with Crippen LogP contribution >= 0.6 is 0 Å². The third-order valence-corrected chi connectivity index (χ3v) is 4.10. The lowest BCUT2D eigenvalue weighted by atomic mass is 10.1. The molecule has 0 saturated carbocycles. The molecule has 0 fully saturated rings. The van der Waals surface area contributed by atoms with E-state index in [1.54, 1.807) is 0 Å². The number of rotatable bonds is 8. The average molecular weight is 338 g/mol. The normalized spacial score (nSPS) is 10.3. The van der Waals surface area contributed by atoms with E-state index in [1.165, 1.54) is 11.1 Å². The molecule has 0 unspecified atom stereocenters. The molecule has 0 bridgehead atoms. The van der Waals surface area contributed by atoms with Crippen molar-refractivity contribution in [3.8, 4) is 0 Å². The number of carbonyl (C=O) groups is 2. The minimum atomic E-state index is -0.0654. The highest BCUT2D eigenvalue weighted by Gasteiger charge is 2.06. The van der Waals surface area contributed by atoms with Crippen LogP contribution in [0.4, 0.5) is 11.4 Å². The van der Waals surface area contributed by atoms with E-state index in [-0.39, 0.29) is 11.8 Å². The first-order valence-corrected chi connectivity index (χ1v) is 8.88. The van der Waals surface area contributed by atoms with Crippen molar-refractivity contribution < 1.29 is 9.59 Å². The van der Waals surface area contributed by atoms with Crippen molar-refractivity contribution in [1.82, 2.24) is 0 Å². The van der Waals surface area contributed by atoms with Gasteiger partial charge in [0, 0.05) is 24.2 Å². The van der Waals surface area contributed by atoms with Crippen molar-refractivity contribution >= 4 is 23.2 Å². The van der Waals surface area contributed by atoms with Gasteiger partial charge < -0.3 is 10.6 Å². The summed E-state index contributed by atoms with van der Waals surface area (Å²) in [5.74, 6) is -0.131. The largest absolute Gasteiger partial charge is 0.326 e. The second-order valence-corrected chi connectivity index (χ2v) is 6.05. The van der Waals surface area contributed by atoms with Crippen LogP contribution in [0.1, 0.15) is 44.2 Å². The first-order chi connectivity index (χ1) is 12.1. The van der Waals surface area contributed by atoms with Crippen molar-refractivity contribution in [2.24, 2.45) is 0 Å². The predicted octanol–water partition coefficient (Wildman–Crippen LogP) is 4.56. The Kier molecular flexibility index (Phi) is 7.20. The fraction of sp³-hybridized carbons (Fsp3) is 0.333. The molecular formula is C21H26N2O2. The van der Waals surface area contributed by atoms with Gasteiger partial charge >= 0.3 is 0 Å². The van der Waals surface area contributed by atoms with Crippen LogP contribution in [-0.4, -0.2) is 11.8 Å². The van der Waals surface area contributed by atoms with Crippen molar-refractivity contribution in [3.63, 3.8) is 0 Å². The lowest BCUT2D eigenvalue weighted by Crippen LogP contribution is -2.14. The topological polar surface area (TPSA) is 58.2 Å². The highest BCUT2D eigenvalue weighted by Crippen LogP contribution is 2.12. The van der Waals surface area contributed by atoms with Crippen molar-refractivity contribution in [2.75, 3.05) is 10.6 Å². The van der Waals surface area contributed by atoms with E-state index in [0.29, 0.717) is 19.3 Å². The molecule has 2 amide bonds. The minimum absolute atomic E-state index is 0.0654. The quantitative estimate of drug-likeness (QED) is 0.741. The summed E-state index contributed by atoms with van der Waals surface area (Å²) in [5.41, 5.74) is 4.06. The number of amides is 2. The fourth-order valence-electron chi connectivity index (χ4n) is 2.50. The second-order valence-electron chi connectivity index (χ2n) is 6.05. The number of aryl methyl sites for hydroxylation is 2. The summed E-state index contributed by atoms with van der Waals surface area (Å²) in [6.07, 6.45) is 3.14. The first kappa shape index (κ1) is 18.7. The summed E-state index contributed by atoms with van der Waals surface area (Å²) in [5, 5.41) is 5.72. The van der Waals surface area contributed by atoms with E-state index in [1.807, 2.05) is 48.5 Å². The zero-order valence-corrected chi connectivity index (χ0v) is 15.0. The zero-order valence-electron chi connectivity index (χ0n) is 15.0. The van der Waals surface area contributed by atoms with Crippen LogP contribution in [-0.2, 0) is 22.4 Å². The molecule has 0 aromatic heterocycles. The lowest BCUT2D eigenvalue weighted by molar-refractivity contribution is -0.117. The lowest BCUT2D eigenvalue weighted by Gasteiger charge is -2.07. The van der Waals surface area contributed by atoms with Gasteiger partial charge in [0.25, 0.3) is 0 Å². The SMILES string of the molecule is CCc1ccc(NC(=O)CCCC(=O)Nc2ccc(CC)cc2)cc1. The monoisotopic (exact) mass is 338 g/mol. The summed E-state index contributed by atoms with van der Waals surface area (Å²) in [6.45, 7) is 4.19. The van der Waals surface area contributed by atoms with Crippen molar-refractivity contribution in [2.45, 2.75) is 46.0 Å². The van der Waals surface area contributed by atoms with Crippen LogP contribution < -0.4 is 10.6 Å². The summed E-state index contributed by atoms with van der Waals surface area (Å²) in [4.78, 5) is 23.9. The smallest absolute Gasteiger partial charge is 0.224 e. The Hall–Kier alpha value is -2.62. The van der Waals surface area contributed by atoms with Crippen LogP contribution in [0.15, 0.2) is 48.5 Å². The third-order valence-electron chi connectivity index (χ3n) is 4.10. The van der Waals surface area contributed by atoms with E-state index in [9.17, 15) is 9.59 Å². The summed E-state index contributed by atoms with van der Waals surface area (Å²) in [7, 11) is 0. The highest BCUT2D eigenvalue weighted by atomic mass is 16.2. The van der Waals surface area contributed by atoms with Gasteiger partial charge in [0.1, 0.15) is 0 Å². The molecule has 0 saturated heterocycles. The maximum atomic E-state index is 11.9. The molecule has 0 aliphatic rings. The Bertz CT molecular complexity index is 629. The van der Waals surface area contributed by atoms with Gasteiger partial charge in [-0.15, -0.1) is 0 Å². The molecule has 0 radical (unpaired) electrons. The van der Waals surface area contributed by atoms with Crippen LogP contribution in [0.2, 0.25) is 0 Å². The van der Waals surface area contributed by atoms with Crippen LogP contribution in [0, 0.1) is 0 Å². The Morgan fingerprint density at radius 3 is 1.36 bits per heavy atom. The summed E-state index contributed by atoms with van der Waals surface area (Å²) < 4.78 is 0. The van der Waals surface area contributed by atoms with Gasteiger partial charge in [-0.25, -0.2) is 0 Å². The number of carbonyl (C=O) groups excluding carboxylic acids is 2. The van der Waals surface area contributed by atoms with Crippen molar-refractivity contribution in [3.05, 3.63) is 59.7 Å². The average Bonchev–Trinajstić information content (AvgIpc) is 2.63. The number of anilines is 2. The summed E-state index contributed by atoms with van der Waals surface area (Å²) >= 11 is 0. The number of benzene rings is 2. The van der Waals surface area contributed by atoms with Gasteiger partial charge in [-0.3, -0.25) is 9.59 Å². The van der Waals surface area contributed by atoms with Gasteiger partial charge in [0.2, 0.25) is 11.8 Å². The number of hydrogen-bond acceptors (Lipinski definition) is 2. The van der Waals surface area contributed by atoms with Gasteiger partial charge in [0.05, 0.1) is 0 Å². The molecular weight excluding hydrogens is 312 g/mol. The molecule has 0 heterocycles. The number of nitrogens with one attached hydrogen (secondary N) is 2. The second kappa shape index (κ2) is 9.62. The van der Waals surface area contributed by atoms with E-state index in [2.05, 4.69) is 24.5 Å². The molecule has 132 valence electrons. The van der Waals surface area contributed by atoms with E-state index in [0.717, 1.165) is 24.2 Å². The van der Waals surface area contributed by atoms with Gasteiger partial charge in [-0.2, -0.15) is 0 Å². The molecule has 4 heteroatoms. The Morgan fingerprint density at radius 2 is 1.04 bits per heavy atom. The van der Waals surface area contributed by atoms with Crippen LogP contribution in [0.25, 0.3) is 0 Å². The van der Waals surface area contributed by atoms with Gasteiger partial charge in [0.15, 0.2) is 0 Å². The highest BCUT2D eigenvalue weighted by molar-refractivity contribution is 5.93. The van der Waals surface area contributed by atoms with Crippen LogP contribution in [0.3, 0.4) is 0 Å². The van der Waals surface area contributed by atoms with E-state index in [4.69, 9.17) is 0 Å². The van der Waals surface area contributed by atoms with Gasteiger partial charge in [-0.1, -0.05) is 38.1 Å².